The van der Waals surface area contributed by atoms with E-state index in [9.17, 15) is 9.59 Å². The van der Waals surface area contributed by atoms with Gasteiger partial charge in [-0.05, 0) is 24.3 Å². The molecule has 0 aliphatic carbocycles. The molecule has 0 atom stereocenters. The van der Waals surface area contributed by atoms with Gasteiger partial charge in [0.2, 0.25) is 0 Å². The number of thiophene rings is 1. The molecule has 0 fully saturated rings. The standard InChI is InChI=1S/C14H18N4O3S/c19-13(20)6-2-1-3-7-15-14(21)12-10-18(17-16-12)9-11-5-4-8-22-11/h4-5,8,10H,1-3,6-7,9H2,(H,15,21)(H,19,20). The first-order chi connectivity index (χ1) is 10.6. The van der Waals surface area contributed by atoms with E-state index in [4.69, 9.17) is 5.11 Å². The Balaban J connectivity index is 1.69. The summed E-state index contributed by atoms with van der Waals surface area (Å²) < 4.78 is 1.63. The van der Waals surface area contributed by atoms with E-state index in [1.165, 1.54) is 0 Å². The predicted molar refractivity (Wildman–Crippen MR) is 81.9 cm³/mol. The number of aromatic nitrogens is 3. The summed E-state index contributed by atoms with van der Waals surface area (Å²) in [6, 6.07) is 3.97. The molecule has 2 heterocycles. The van der Waals surface area contributed by atoms with E-state index in [0.29, 0.717) is 25.2 Å². The minimum Gasteiger partial charge on any atom is -0.481 e. The molecule has 2 rings (SSSR count). The van der Waals surface area contributed by atoms with Crippen LogP contribution in [-0.2, 0) is 11.3 Å². The van der Waals surface area contributed by atoms with E-state index < -0.39 is 5.97 Å². The summed E-state index contributed by atoms with van der Waals surface area (Å²) in [5.74, 6) is -1.04. The van der Waals surface area contributed by atoms with Crippen LogP contribution in [0.15, 0.2) is 23.7 Å². The van der Waals surface area contributed by atoms with Gasteiger partial charge in [0.25, 0.3) is 5.91 Å². The fourth-order valence-corrected chi connectivity index (χ4v) is 2.61. The number of amides is 1. The number of carboxylic acids is 1. The maximum absolute atomic E-state index is 11.9. The van der Waals surface area contributed by atoms with Crippen molar-refractivity contribution in [2.24, 2.45) is 0 Å². The van der Waals surface area contributed by atoms with Crippen LogP contribution in [-0.4, -0.2) is 38.5 Å². The maximum atomic E-state index is 11.9. The van der Waals surface area contributed by atoms with Gasteiger partial charge in [0.05, 0.1) is 12.7 Å². The van der Waals surface area contributed by atoms with Crippen LogP contribution in [0.3, 0.4) is 0 Å². The monoisotopic (exact) mass is 322 g/mol. The zero-order valence-corrected chi connectivity index (χ0v) is 12.9. The maximum Gasteiger partial charge on any atom is 0.303 e. The van der Waals surface area contributed by atoms with Crippen LogP contribution in [0.25, 0.3) is 0 Å². The van der Waals surface area contributed by atoms with Crippen molar-refractivity contribution in [1.29, 1.82) is 0 Å². The van der Waals surface area contributed by atoms with Crippen LogP contribution in [0.4, 0.5) is 0 Å². The lowest BCUT2D eigenvalue weighted by molar-refractivity contribution is -0.137. The third kappa shape index (κ3) is 5.28. The molecule has 1 amide bonds. The van der Waals surface area contributed by atoms with Gasteiger partial charge in [0.15, 0.2) is 5.69 Å². The molecule has 0 saturated carbocycles. The molecule has 0 unspecified atom stereocenters. The van der Waals surface area contributed by atoms with Crippen molar-refractivity contribution in [3.05, 3.63) is 34.3 Å². The molecule has 0 aliphatic rings. The van der Waals surface area contributed by atoms with Crippen molar-refractivity contribution in [3.8, 4) is 0 Å². The van der Waals surface area contributed by atoms with Crippen molar-refractivity contribution >= 4 is 23.2 Å². The molecular formula is C14H18N4O3S. The van der Waals surface area contributed by atoms with Crippen LogP contribution in [0.5, 0.6) is 0 Å². The Hall–Kier alpha value is -2.22. The second-order valence-corrected chi connectivity index (χ2v) is 5.87. The fraction of sp³-hybridized carbons (Fsp3) is 0.429. The highest BCUT2D eigenvalue weighted by atomic mass is 32.1. The van der Waals surface area contributed by atoms with E-state index in [-0.39, 0.29) is 12.3 Å². The Morgan fingerprint density at radius 1 is 1.32 bits per heavy atom. The molecule has 2 aromatic heterocycles. The summed E-state index contributed by atoms with van der Waals surface area (Å²) in [4.78, 5) is 23.4. The van der Waals surface area contributed by atoms with Crippen molar-refractivity contribution < 1.29 is 14.7 Å². The van der Waals surface area contributed by atoms with Crippen LogP contribution in [0, 0.1) is 0 Å². The molecule has 2 aromatic rings. The zero-order valence-electron chi connectivity index (χ0n) is 12.1. The van der Waals surface area contributed by atoms with Gasteiger partial charge in [0, 0.05) is 17.8 Å². The van der Waals surface area contributed by atoms with Gasteiger partial charge >= 0.3 is 5.97 Å². The first kappa shape index (κ1) is 16.2. The number of nitrogens with one attached hydrogen (secondary N) is 1. The van der Waals surface area contributed by atoms with Crippen molar-refractivity contribution in [1.82, 2.24) is 20.3 Å². The quantitative estimate of drug-likeness (QED) is 0.686. The Kier molecular flexibility index (Phi) is 6.08. The van der Waals surface area contributed by atoms with Crippen LogP contribution in [0.1, 0.15) is 41.0 Å². The molecule has 2 N–H and O–H groups in total. The van der Waals surface area contributed by atoms with E-state index in [1.807, 2.05) is 17.5 Å². The Labute approximate surface area is 132 Å². The summed E-state index contributed by atoms with van der Waals surface area (Å²) in [7, 11) is 0. The highest BCUT2D eigenvalue weighted by molar-refractivity contribution is 7.09. The number of aliphatic carboxylic acids is 1. The van der Waals surface area contributed by atoms with Crippen molar-refractivity contribution in [2.75, 3.05) is 6.54 Å². The number of carboxylic acid groups (broad SMARTS) is 1. The Morgan fingerprint density at radius 3 is 2.91 bits per heavy atom. The molecule has 0 aromatic carbocycles. The molecule has 8 heteroatoms. The van der Waals surface area contributed by atoms with Gasteiger partial charge in [-0.1, -0.05) is 17.7 Å². The number of hydrogen-bond donors (Lipinski definition) is 2. The third-order valence-corrected chi connectivity index (χ3v) is 3.88. The molecule has 22 heavy (non-hydrogen) atoms. The number of carbonyl (C=O) groups excluding carboxylic acids is 1. The minimum atomic E-state index is -0.786. The van der Waals surface area contributed by atoms with Gasteiger partial charge in [-0.3, -0.25) is 9.59 Å². The fourth-order valence-electron chi connectivity index (χ4n) is 1.91. The highest BCUT2D eigenvalue weighted by Crippen LogP contribution is 2.09. The highest BCUT2D eigenvalue weighted by Gasteiger charge is 2.10. The Bertz CT molecular complexity index is 609. The first-order valence-corrected chi connectivity index (χ1v) is 7.95. The van der Waals surface area contributed by atoms with Crippen LogP contribution < -0.4 is 5.32 Å². The number of rotatable bonds is 9. The molecule has 0 spiro atoms. The topological polar surface area (TPSA) is 97.1 Å². The van der Waals surface area contributed by atoms with Gasteiger partial charge in [0.1, 0.15) is 0 Å². The molecular weight excluding hydrogens is 304 g/mol. The van der Waals surface area contributed by atoms with E-state index in [2.05, 4.69) is 15.6 Å². The van der Waals surface area contributed by atoms with Gasteiger partial charge < -0.3 is 10.4 Å². The zero-order chi connectivity index (χ0) is 15.8. The minimum absolute atomic E-state index is 0.172. The van der Waals surface area contributed by atoms with Gasteiger partial charge in [-0.2, -0.15) is 0 Å². The summed E-state index contributed by atoms with van der Waals surface area (Å²) >= 11 is 1.63. The first-order valence-electron chi connectivity index (χ1n) is 7.07. The van der Waals surface area contributed by atoms with E-state index in [0.717, 1.165) is 17.7 Å². The molecule has 7 nitrogen and oxygen atoms in total. The lowest BCUT2D eigenvalue weighted by atomic mass is 10.2. The van der Waals surface area contributed by atoms with E-state index in [1.54, 1.807) is 22.2 Å². The lowest BCUT2D eigenvalue weighted by Gasteiger charge is -2.02. The summed E-state index contributed by atoms with van der Waals surface area (Å²) in [5, 5.41) is 21.1. The normalized spacial score (nSPS) is 10.5. The summed E-state index contributed by atoms with van der Waals surface area (Å²) in [6.07, 6.45) is 3.95. The lowest BCUT2D eigenvalue weighted by Crippen LogP contribution is -2.24. The van der Waals surface area contributed by atoms with Gasteiger partial charge in [-0.25, -0.2) is 4.68 Å². The smallest absolute Gasteiger partial charge is 0.303 e. The average molecular weight is 322 g/mol. The van der Waals surface area contributed by atoms with Crippen LogP contribution in [0.2, 0.25) is 0 Å². The second kappa shape index (κ2) is 8.28. The molecule has 0 saturated heterocycles. The SMILES string of the molecule is O=C(O)CCCCCNC(=O)c1cn(Cc2cccs2)nn1. The summed E-state index contributed by atoms with van der Waals surface area (Å²) in [5.41, 5.74) is 0.294. The average Bonchev–Trinajstić information content (AvgIpc) is 3.14. The van der Waals surface area contributed by atoms with Crippen molar-refractivity contribution in [3.63, 3.8) is 0 Å². The van der Waals surface area contributed by atoms with Gasteiger partial charge in [-0.15, -0.1) is 16.4 Å². The number of hydrogen-bond acceptors (Lipinski definition) is 5. The van der Waals surface area contributed by atoms with Crippen LogP contribution >= 0.6 is 11.3 Å². The number of carbonyl (C=O) groups is 2. The second-order valence-electron chi connectivity index (χ2n) is 4.84. The Morgan fingerprint density at radius 2 is 2.18 bits per heavy atom. The molecule has 0 radical (unpaired) electrons. The largest absolute Gasteiger partial charge is 0.481 e. The number of nitrogens with zero attached hydrogens (tertiary/aromatic N) is 3. The third-order valence-electron chi connectivity index (χ3n) is 3.02. The molecule has 0 bridgehead atoms. The predicted octanol–water partition coefficient (Wildman–Crippen LogP) is 1.76. The number of unbranched alkanes of at least 4 members (excludes halogenated alkanes) is 2. The van der Waals surface area contributed by atoms with Crippen molar-refractivity contribution in [2.45, 2.75) is 32.2 Å². The molecule has 0 aliphatic heterocycles. The summed E-state index contributed by atoms with van der Waals surface area (Å²) in [6.45, 7) is 1.11. The van der Waals surface area contributed by atoms with E-state index >= 15 is 0 Å². The molecule has 118 valence electrons.